The summed E-state index contributed by atoms with van der Waals surface area (Å²) in [5, 5.41) is 12.2. The third-order valence-electron chi connectivity index (χ3n) is 4.69. The number of aromatic nitrogens is 5. The van der Waals surface area contributed by atoms with Gasteiger partial charge in [0.1, 0.15) is 0 Å². The lowest BCUT2D eigenvalue weighted by Gasteiger charge is -2.38. The molecule has 0 N–H and O–H groups in total. The van der Waals surface area contributed by atoms with E-state index in [9.17, 15) is 4.39 Å². The summed E-state index contributed by atoms with van der Waals surface area (Å²) in [6.07, 6.45) is 3.96. The maximum Gasteiger partial charge on any atom is 0.168 e. The molecule has 4 rings (SSSR count). The second-order valence-corrected chi connectivity index (χ2v) is 6.22. The van der Waals surface area contributed by atoms with E-state index < -0.39 is 0 Å². The van der Waals surface area contributed by atoms with Gasteiger partial charge in [0.2, 0.25) is 0 Å². The molecule has 1 saturated heterocycles. The number of rotatable bonds is 4. The van der Waals surface area contributed by atoms with Crippen molar-refractivity contribution in [2.75, 3.05) is 31.1 Å². The summed E-state index contributed by atoms with van der Waals surface area (Å²) in [4.78, 5) is 8.51. The van der Waals surface area contributed by atoms with Crippen molar-refractivity contribution in [2.24, 2.45) is 0 Å². The molecule has 1 aliphatic carbocycles. The summed E-state index contributed by atoms with van der Waals surface area (Å²) in [5.74, 6) is 1.12. The molecule has 1 saturated carbocycles. The van der Waals surface area contributed by atoms with Gasteiger partial charge in [0.15, 0.2) is 17.5 Å². The zero-order valence-corrected chi connectivity index (χ0v) is 13.1. The lowest BCUT2D eigenvalue weighted by atomic mass is 10.2. The lowest BCUT2D eigenvalue weighted by Crippen LogP contribution is -2.48. The predicted octanol–water partition coefficient (Wildman–Crippen LogP) is 1.43. The van der Waals surface area contributed by atoms with E-state index in [4.69, 9.17) is 0 Å². The number of halogens is 1. The quantitative estimate of drug-likeness (QED) is 0.850. The topological polar surface area (TPSA) is 63.0 Å². The molecule has 1 unspecified atom stereocenters. The van der Waals surface area contributed by atoms with Crippen LogP contribution >= 0.6 is 0 Å². The molecule has 3 heterocycles. The second-order valence-electron chi connectivity index (χ2n) is 6.22. The minimum Gasteiger partial charge on any atom is -0.352 e. The number of anilines is 1. The van der Waals surface area contributed by atoms with Crippen LogP contribution in [0.2, 0.25) is 0 Å². The molecule has 0 bridgehead atoms. The first kappa shape index (κ1) is 14.5. The van der Waals surface area contributed by atoms with Crippen molar-refractivity contribution in [3.05, 3.63) is 30.0 Å². The normalized spacial score (nSPS) is 20.7. The number of pyridine rings is 1. The Labute approximate surface area is 134 Å². The average Bonchev–Trinajstić information content (AvgIpc) is 3.32. The molecule has 0 radical (unpaired) electrons. The van der Waals surface area contributed by atoms with Crippen LogP contribution in [0, 0.1) is 5.82 Å². The molecule has 2 fully saturated rings. The van der Waals surface area contributed by atoms with Gasteiger partial charge in [-0.15, -0.1) is 5.10 Å². The summed E-state index contributed by atoms with van der Waals surface area (Å²) in [6.45, 7) is 5.33. The van der Waals surface area contributed by atoms with Crippen LogP contribution in [0.15, 0.2) is 18.3 Å². The molecule has 0 aromatic carbocycles. The molecule has 2 aromatic rings. The van der Waals surface area contributed by atoms with E-state index in [1.54, 1.807) is 12.3 Å². The van der Waals surface area contributed by atoms with Crippen LogP contribution in [0.4, 0.5) is 10.2 Å². The molecule has 1 aliphatic heterocycles. The highest BCUT2D eigenvalue weighted by Gasteiger charge is 2.32. The molecule has 2 aromatic heterocycles. The van der Waals surface area contributed by atoms with Crippen LogP contribution in [0.25, 0.3) is 0 Å². The molecule has 7 nitrogen and oxygen atoms in total. The van der Waals surface area contributed by atoms with Crippen molar-refractivity contribution in [3.63, 3.8) is 0 Å². The molecular weight excluding hydrogens is 297 g/mol. The third kappa shape index (κ3) is 2.78. The minimum absolute atomic E-state index is 0.168. The first-order chi connectivity index (χ1) is 11.2. The smallest absolute Gasteiger partial charge is 0.168 e. The Balaban J connectivity index is 1.43. The van der Waals surface area contributed by atoms with E-state index in [-0.39, 0.29) is 11.9 Å². The molecule has 0 spiro atoms. The summed E-state index contributed by atoms with van der Waals surface area (Å²) < 4.78 is 15.8. The van der Waals surface area contributed by atoms with Crippen LogP contribution in [0.1, 0.15) is 37.7 Å². The van der Waals surface area contributed by atoms with Crippen molar-refractivity contribution in [1.29, 1.82) is 0 Å². The van der Waals surface area contributed by atoms with Gasteiger partial charge in [-0.1, -0.05) is 0 Å². The maximum atomic E-state index is 13.9. The van der Waals surface area contributed by atoms with Gasteiger partial charge in [0.25, 0.3) is 0 Å². The van der Waals surface area contributed by atoms with E-state index in [2.05, 4.69) is 32.3 Å². The first-order valence-electron chi connectivity index (χ1n) is 8.11. The van der Waals surface area contributed by atoms with Crippen LogP contribution in [0.3, 0.4) is 0 Å². The fourth-order valence-corrected chi connectivity index (χ4v) is 3.15. The Morgan fingerprint density at radius 1 is 1.22 bits per heavy atom. The van der Waals surface area contributed by atoms with Crippen LogP contribution in [0.5, 0.6) is 0 Å². The summed E-state index contributed by atoms with van der Waals surface area (Å²) in [5.41, 5.74) is 0. The van der Waals surface area contributed by atoms with Crippen molar-refractivity contribution < 1.29 is 4.39 Å². The zero-order chi connectivity index (χ0) is 15.8. The van der Waals surface area contributed by atoms with E-state index in [1.807, 2.05) is 9.58 Å². The Bertz CT molecular complexity index is 676. The summed E-state index contributed by atoms with van der Waals surface area (Å²) >= 11 is 0. The second kappa shape index (κ2) is 5.84. The predicted molar refractivity (Wildman–Crippen MR) is 82.5 cm³/mol. The Morgan fingerprint density at radius 2 is 2.00 bits per heavy atom. The minimum atomic E-state index is -0.258. The molecule has 0 amide bonds. The average molecular weight is 317 g/mol. The van der Waals surface area contributed by atoms with Crippen molar-refractivity contribution in [1.82, 2.24) is 30.1 Å². The zero-order valence-electron chi connectivity index (χ0n) is 13.1. The Morgan fingerprint density at radius 3 is 2.70 bits per heavy atom. The fraction of sp³-hybridized carbons (Fsp3) is 0.600. The maximum absolute atomic E-state index is 13.9. The van der Waals surface area contributed by atoms with Gasteiger partial charge in [-0.05, 0) is 42.3 Å². The largest absolute Gasteiger partial charge is 0.352 e. The standard InChI is InChI=1S/C15H20FN7/c1-11(14-18-19-20-23(14)12-4-5-12)21-7-9-22(10-8-21)15-13(16)3-2-6-17-15/h2-3,6,11-12H,4-5,7-10H2,1H3. The van der Waals surface area contributed by atoms with E-state index >= 15 is 0 Å². The van der Waals surface area contributed by atoms with Gasteiger partial charge in [-0.25, -0.2) is 14.1 Å². The Kier molecular flexibility index (Phi) is 3.68. The van der Waals surface area contributed by atoms with Crippen LogP contribution in [-0.4, -0.2) is 56.3 Å². The van der Waals surface area contributed by atoms with Crippen molar-refractivity contribution >= 4 is 5.82 Å². The monoisotopic (exact) mass is 317 g/mol. The highest BCUT2D eigenvalue weighted by atomic mass is 19.1. The first-order valence-corrected chi connectivity index (χ1v) is 8.11. The van der Waals surface area contributed by atoms with E-state index in [0.717, 1.165) is 44.8 Å². The van der Waals surface area contributed by atoms with Gasteiger partial charge in [-0.2, -0.15) is 0 Å². The molecule has 8 heteroatoms. The highest BCUT2D eigenvalue weighted by Crippen LogP contribution is 2.36. The van der Waals surface area contributed by atoms with Gasteiger partial charge in [0.05, 0.1) is 12.1 Å². The van der Waals surface area contributed by atoms with Crippen LogP contribution < -0.4 is 4.90 Å². The number of tetrazole rings is 1. The molecular formula is C15H20FN7. The molecule has 23 heavy (non-hydrogen) atoms. The number of piperazine rings is 1. The fourth-order valence-electron chi connectivity index (χ4n) is 3.15. The number of hydrogen-bond acceptors (Lipinski definition) is 6. The van der Waals surface area contributed by atoms with Crippen molar-refractivity contribution in [3.8, 4) is 0 Å². The van der Waals surface area contributed by atoms with Gasteiger partial charge >= 0.3 is 0 Å². The summed E-state index contributed by atoms with van der Waals surface area (Å²) in [7, 11) is 0. The van der Waals surface area contributed by atoms with Crippen molar-refractivity contribution in [2.45, 2.75) is 31.8 Å². The van der Waals surface area contributed by atoms with E-state index in [0.29, 0.717) is 11.9 Å². The van der Waals surface area contributed by atoms with Gasteiger partial charge < -0.3 is 4.90 Å². The summed E-state index contributed by atoms with van der Waals surface area (Å²) in [6, 6.07) is 3.73. The lowest BCUT2D eigenvalue weighted by molar-refractivity contribution is 0.186. The molecule has 2 aliphatic rings. The van der Waals surface area contributed by atoms with E-state index in [1.165, 1.54) is 6.07 Å². The highest BCUT2D eigenvalue weighted by molar-refractivity contribution is 5.40. The SMILES string of the molecule is CC(c1nnnn1C1CC1)N1CCN(c2ncccc2F)CC1. The molecule has 1 atom stereocenters. The third-order valence-corrected chi connectivity index (χ3v) is 4.69. The number of hydrogen-bond donors (Lipinski definition) is 0. The van der Waals surface area contributed by atoms with Crippen LogP contribution in [-0.2, 0) is 0 Å². The molecule has 122 valence electrons. The van der Waals surface area contributed by atoms with Gasteiger partial charge in [0, 0.05) is 32.4 Å². The Hall–Kier alpha value is -2.09. The number of nitrogens with zero attached hydrogens (tertiary/aromatic N) is 7. The van der Waals surface area contributed by atoms with Gasteiger partial charge in [-0.3, -0.25) is 4.90 Å².